The summed E-state index contributed by atoms with van der Waals surface area (Å²) in [6.07, 6.45) is 0. The number of rotatable bonds is 4. The average molecular weight is 293 g/mol. The normalized spacial score (nSPS) is 10.3. The highest BCUT2D eigenvalue weighted by Crippen LogP contribution is 2.31. The smallest absolute Gasteiger partial charge is 0.335 e. The Kier molecular flexibility index (Phi) is 3.66. The lowest BCUT2D eigenvalue weighted by molar-refractivity contribution is -0.383. The van der Waals surface area contributed by atoms with Gasteiger partial charge < -0.3 is 10.4 Å². The molecule has 2 rings (SSSR count). The second-order valence-corrected chi connectivity index (χ2v) is 5.28. The first-order valence-corrected chi connectivity index (χ1v) is 6.43. The Morgan fingerprint density at radius 2 is 2.15 bits per heavy atom. The van der Waals surface area contributed by atoms with E-state index in [-0.39, 0.29) is 16.9 Å². The Balaban J connectivity index is 2.40. The number of carboxylic acid groups (broad SMARTS) is 1. The minimum Gasteiger partial charge on any atom is -0.478 e. The Labute approximate surface area is 118 Å². The molecule has 1 aromatic carbocycles. The molecule has 0 unspecified atom stereocenters. The van der Waals surface area contributed by atoms with E-state index in [0.29, 0.717) is 5.13 Å². The van der Waals surface area contributed by atoms with Crippen molar-refractivity contribution in [1.82, 2.24) is 4.98 Å². The standard InChI is InChI=1S/C12H11N3O4S/c1-6-7(2)20-12(13-6)14-9-4-3-8(11(16)17)5-10(9)15(18)19/h3-5H,1-2H3,(H,13,14)(H,16,17). The molecule has 8 heteroatoms. The number of nitrogens with zero attached hydrogens (tertiary/aromatic N) is 2. The minimum atomic E-state index is -1.21. The van der Waals surface area contributed by atoms with Crippen molar-refractivity contribution < 1.29 is 14.8 Å². The molecule has 1 aromatic heterocycles. The number of carboxylic acids is 1. The molecule has 0 aliphatic carbocycles. The van der Waals surface area contributed by atoms with Crippen LogP contribution in [0.2, 0.25) is 0 Å². The van der Waals surface area contributed by atoms with Crippen molar-refractivity contribution in [3.05, 3.63) is 44.4 Å². The van der Waals surface area contributed by atoms with E-state index in [2.05, 4.69) is 10.3 Å². The maximum atomic E-state index is 11.0. The Bertz CT molecular complexity index is 677. The maximum absolute atomic E-state index is 11.0. The summed E-state index contributed by atoms with van der Waals surface area (Å²) < 4.78 is 0. The molecule has 0 amide bonds. The molecule has 2 aromatic rings. The number of nitro benzene ring substituents is 1. The van der Waals surface area contributed by atoms with Gasteiger partial charge in [-0.25, -0.2) is 9.78 Å². The van der Waals surface area contributed by atoms with Crippen LogP contribution in [0.4, 0.5) is 16.5 Å². The number of aromatic carboxylic acids is 1. The van der Waals surface area contributed by atoms with Crippen LogP contribution in [0.25, 0.3) is 0 Å². The van der Waals surface area contributed by atoms with Gasteiger partial charge in [0.15, 0.2) is 5.13 Å². The van der Waals surface area contributed by atoms with E-state index in [1.807, 2.05) is 13.8 Å². The molecule has 0 radical (unpaired) electrons. The number of benzene rings is 1. The van der Waals surface area contributed by atoms with Gasteiger partial charge in [0, 0.05) is 10.9 Å². The van der Waals surface area contributed by atoms with Crippen LogP contribution in [0, 0.1) is 24.0 Å². The van der Waals surface area contributed by atoms with Crippen LogP contribution in [0.3, 0.4) is 0 Å². The van der Waals surface area contributed by atoms with Gasteiger partial charge in [-0.3, -0.25) is 10.1 Å². The molecule has 7 nitrogen and oxygen atoms in total. The molecular formula is C12H11N3O4S. The summed E-state index contributed by atoms with van der Waals surface area (Å²) in [5, 5.41) is 23.3. The number of thiazole rings is 1. The Morgan fingerprint density at radius 1 is 1.45 bits per heavy atom. The molecule has 0 saturated carbocycles. The lowest BCUT2D eigenvalue weighted by Crippen LogP contribution is -2.01. The summed E-state index contributed by atoms with van der Waals surface area (Å²) in [6.45, 7) is 3.75. The van der Waals surface area contributed by atoms with Gasteiger partial charge in [-0.05, 0) is 26.0 Å². The van der Waals surface area contributed by atoms with Crippen LogP contribution in [0.1, 0.15) is 20.9 Å². The molecule has 0 spiro atoms. The zero-order valence-corrected chi connectivity index (χ0v) is 11.5. The lowest BCUT2D eigenvalue weighted by atomic mass is 10.2. The number of nitro groups is 1. The van der Waals surface area contributed by atoms with Crippen molar-refractivity contribution >= 4 is 33.8 Å². The highest BCUT2D eigenvalue weighted by molar-refractivity contribution is 7.15. The quantitative estimate of drug-likeness (QED) is 0.662. The summed E-state index contributed by atoms with van der Waals surface area (Å²) in [7, 11) is 0. The van der Waals surface area contributed by atoms with E-state index in [0.717, 1.165) is 16.6 Å². The summed E-state index contributed by atoms with van der Waals surface area (Å²) in [6, 6.07) is 3.70. The van der Waals surface area contributed by atoms with Gasteiger partial charge in [0.2, 0.25) is 0 Å². The van der Waals surface area contributed by atoms with Gasteiger partial charge in [0.05, 0.1) is 16.2 Å². The number of aromatic nitrogens is 1. The second-order valence-electron chi connectivity index (χ2n) is 4.08. The molecule has 20 heavy (non-hydrogen) atoms. The van der Waals surface area contributed by atoms with Crippen molar-refractivity contribution in [3.8, 4) is 0 Å². The first-order valence-electron chi connectivity index (χ1n) is 5.61. The van der Waals surface area contributed by atoms with Crippen LogP contribution in [0.5, 0.6) is 0 Å². The van der Waals surface area contributed by atoms with Crippen LogP contribution in [0.15, 0.2) is 18.2 Å². The lowest BCUT2D eigenvalue weighted by Gasteiger charge is -2.04. The summed E-state index contributed by atoms with van der Waals surface area (Å²) in [5.41, 5.74) is 0.639. The summed E-state index contributed by atoms with van der Waals surface area (Å²) >= 11 is 1.38. The van der Waals surface area contributed by atoms with E-state index < -0.39 is 10.9 Å². The van der Waals surface area contributed by atoms with Crippen molar-refractivity contribution in [2.24, 2.45) is 0 Å². The highest BCUT2D eigenvalue weighted by Gasteiger charge is 2.18. The third-order valence-corrected chi connectivity index (χ3v) is 3.70. The largest absolute Gasteiger partial charge is 0.478 e. The van der Waals surface area contributed by atoms with E-state index in [9.17, 15) is 14.9 Å². The number of carbonyl (C=O) groups is 1. The third-order valence-electron chi connectivity index (χ3n) is 2.71. The fourth-order valence-electron chi connectivity index (χ4n) is 1.56. The van der Waals surface area contributed by atoms with Gasteiger partial charge in [-0.2, -0.15) is 0 Å². The van der Waals surface area contributed by atoms with Crippen LogP contribution >= 0.6 is 11.3 Å². The SMILES string of the molecule is Cc1nc(Nc2ccc(C(=O)O)cc2[N+](=O)[O-])sc1C. The highest BCUT2D eigenvalue weighted by atomic mass is 32.1. The number of aryl methyl sites for hydroxylation is 2. The molecule has 0 saturated heterocycles. The Hall–Kier alpha value is -2.48. The first kappa shape index (κ1) is 13.9. The van der Waals surface area contributed by atoms with Crippen LogP contribution in [-0.4, -0.2) is 21.0 Å². The number of hydrogen-bond donors (Lipinski definition) is 2. The molecule has 0 aliphatic heterocycles. The summed E-state index contributed by atoms with van der Waals surface area (Å²) in [5.74, 6) is -1.21. The third kappa shape index (κ3) is 2.75. The van der Waals surface area contributed by atoms with Gasteiger partial charge in [-0.15, -0.1) is 11.3 Å². The van der Waals surface area contributed by atoms with E-state index in [1.54, 1.807) is 0 Å². The zero-order valence-electron chi connectivity index (χ0n) is 10.7. The number of nitrogens with one attached hydrogen (secondary N) is 1. The van der Waals surface area contributed by atoms with Gasteiger partial charge in [-0.1, -0.05) is 0 Å². The molecule has 0 atom stereocenters. The molecular weight excluding hydrogens is 282 g/mol. The minimum absolute atomic E-state index is 0.131. The summed E-state index contributed by atoms with van der Waals surface area (Å²) in [4.78, 5) is 26.5. The van der Waals surface area contributed by atoms with Crippen molar-refractivity contribution in [2.75, 3.05) is 5.32 Å². The monoisotopic (exact) mass is 293 g/mol. The van der Waals surface area contributed by atoms with Crippen molar-refractivity contribution in [2.45, 2.75) is 13.8 Å². The predicted molar refractivity (Wildman–Crippen MR) is 74.9 cm³/mol. The van der Waals surface area contributed by atoms with Crippen LogP contribution in [-0.2, 0) is 0 Å². The van der Waals surface area contributed by atoms with E-state index >= 15 is 0 Å². The van der Waals surface area contributed by atoms with E-state index in [4.69, 9.17) is 5.11 Å². The zero-order chi connectivity index (χ0) is 14.9. The topological polar surface area (TPSA) is 105 Å². The fourth-order valence-corrected chi connectivity index (χ4v) is 2.39. The van der Waals surface area contributed by atoms with Crippen LogP contribution < -0.4 is 5.32 Å². The maximum Gasteiger partial charge on any atom is 0.335 e. The average Bonchev–Trinajstić information content (AvgIpc) is 2.68. The van der Waals surface area contributed by atoms with E-state index in [1.165, 1.54) is 23.5 Å². The predicted octanol–water partition coefficient (Wildman–Crippen LogP) is 3.11. The molecule has 2 N–H and O–H groups in total. The fraction of sp³-hybridized carbons (Fsp3) is 0.167. The molecule has 0 bridgehead atoms. The van der Waals surface area contributed by atoms with Gasteiger partial charge in [0.1, 0.15) is 5.69 Å². The van der Waals surface area contributed by atoms with Gasteiger partial charge >= 0.3 is 5.97 Å². The van der Waals surface area contributed by atoms with Gasteiger partial charge in [0.25, 0.3) is 5.69 Å². The Morgan fingerprint density at radius 3 is 2.65 bits per heavy atom. The molecule has 0 aliphatic rings. The molecule has 104 valence electrons. The second kappa shape index (κ2) is 5.25. The molecule has 0 fully saturated rings. The number of anilines is 2. The van der Waals surface area contributed by atoms with Crippen molar-refractivity contribution in [3.63, 3.8) is 0 Å². The van der Waals surface area contributed by atoms with Crippen molar-refractivity contribution in [1.29, 1.82) is 0 Å². The number of hydrogen-bond acceptors (Lipinski definition) is 6. The first-order chi connectivity index (χ1) is 9.38. The molecule has 1 heterocycles.